The van der Waals surface area contributed by atoms with Gasteiger partial charge in [-0.05, 0) is 24.0 Å². The van der Waals surface area contributed by atoms with Crippen LogP contribution in [0.3, 0.4) is 0 Å². The number of carbonyl (C=O) groups is 1. The lowest BCUT2D eigenvalue weighted by Crippen LogP contribution is -2.25. The summed E-state index contributed by atoms with van der Waals surface area (Å²) in [5, 5.41) is 15.9. The third-order valence-corrected chi connectivity index (χ3v) is 3.79. The summed E-state index contributed by atoms with van der Waals surface area (Å²) < 4.78 is 0. The van der Waals surface area contributed by atoms with E-state index in [2.05, 4.69) is 32.9 Å². The molecule has 0 aliphatic heterocycles. The van der Waals surface area contributed by atoms with Crippen molar-refractivity contribution in [1.29, 1.82) is 0 Å². The molecule has 0 radical (unpaired) electrons. The van der Waals surface area contributed by atoms with Gasteiger partial charge < -0.3 is 0 Å². The number of nitrogens with zero attached hydrogens (tertiary/aromatic N) is 3. The van der Waals surface area contributed by atoms with Crippen molar-refractivity contribution in [2.75, 3.05) is 5.32 Å². The van der Waals surface area contributed by atoms with Gasteiger partial charge in [-0.2, -0.15) is 5.21 Å². The molecule has 1 saturated carbocycles. The zero-order valence-corrected chi connectivity index (χ0v) is 10.9. The predicted octanol–water partition coefficient (Wildman–Crippen LogP) is 2.13. The second-order valence-electron chi connectivity index (χ2n) is 5.07. The minimum absolute atomic E-state index is 0.0180. The van der Waals surface area contributed by atoms with E-state index < -0.39 is 0 Å². The first-order valence-corrected chi connectivity index (χ1v) is 6.84. The van der Waals surface area contributed by atoms with Gasteiger partial charge in [0.05, 0.1) is 0 Å². The van der Waals surface area contributed by atoms with Gasteiger partial charge in [0.2, 0.25) is 5.91 Å². The predicted molar refractivity (Wildman–Crippen MR) is 67.8 cm³/mol. The summed E-state index contributed by atoms with van der Waals surface area (Å²) in [6.07, 6.45) is 8.36. The number of rotatable bonds is 5. The maximum Gasteiger partial charge on any atom is 0.269 e. The zero-order valence-electron chi connectivity index (χ0n) is 10.9. The fourth-order valence-corrected chi connectivity index (χ4v) is 2.71. The summed E-state index contributed by atoms with van der Waals surface area (Å²) in [6.45, 7) is 2.06. The summed E-state index contributed by atoms with van der Waals surface area (Å²) in [5.41, 5.74) is 0. The molecule has 1 heterocycles. The van der Waals surface area contributed by atoms with Crippen molar-refractivity contribution in [2.45, 2.75) is 51.9 Å². The molecule has 2 rings (SSSR count). The van der Waals surface area contributed by atoms with Crippen LogP contribution >= 0.6 is 0 Å². The molecule has 1 unspecified atom stereocenters. The number of aromatic nitrogens is 4. The smallest absolute Gasteiger partial charge is 0.269 e. The molecule has 0 spiro atoms. The first-order chi connectivity index (χ1) is 8.79. The van der Waals surface area contributed by atoms with Crippen LogP contribution in [0, 0.1) is 11.8 Å². The SMILES string of the molecule is CCC(CC1CCCCC1)C(=O)Nc1nn[nH]n1. The van der Waals surface area contributed by atoms with E-state index in [1.807, 2.05) is 0 Å². The van der Waals surface area contributed by atoms with E-state index in [1.54, 1.807) is 0 Å². The molecule has 1 atom stereocenters. The van der Waals surface area contributed by atoms with Crippen LogP contribution in [0.15, 0.2) is 0 Å². The highest BCUT2D eigenvalue weighted by Crippen LogP contribution is 2.30. The fraction of sp³-hybridized carbons (Fsp3) is 0.833. The Hall–Kier alpha value is -1.46. The fourth-order valence-electron chi connectivity index (χ4n) is 2.71. The summed E-state index contributed by atoms with van der Waals surface area (Å²) in [7, 11) is 0. The van der Waals surface area contributed by atoms with E-state index in [0.717, 1.165) is 12.8 Å². The van der Waals surface area contributed by atoms with E-state index in [0.29, 0.717) is 5.92 Å². The number of hydrogen-bond donors (Lipinski definition) is 2. The molecule has 1 aromatic rings. The topological polar surface area (TPSA) is 83.6 Å². The van der Waals surface area contributed by atoms with Crippen LogP contribution in [0.2, 0.25) is 0 Å². The van der Waals surface area contributed by atoms with Crippen LogP contribution in [-0.2, 0) is 4.79 Å². The molecule has 100 valence electrons. The Labute approximate surface area is 107 Å². The van der Waals surface area contributed by atoms with Gasteiger partial charge in [0.25, 0.3) is 5.95 Å². The van der Waals surface area contributed by atoms with Gasteiger partial charge in [0, 0.05) is 5.92 Å². The van der Waals surface area contributed by atoms with Gasteiger partial charge in [-0.15, -0.1) is 5.10 Å². The maximum absolute atomic E-state index is 12.1. The van der Waals surface area contributed by atoms with E-state index in [1.165, 1.54) is 32.1 Å². The van der Waals surface area contributed by atoms with Crippen LogP contribution in [0.25, 0.3) is 0 Å². The van der Waals surface area contributed by atoms with Crippen molar-refractivity contribution in [3.05, 3.63) is 0 Å². The lowest BCUT2D eigenvalue weighted by atomic mass is 9.82. The van der Waals surface area contributed by atoms with Crippen LogP contribution in [0.1, 0.15) is 51.9 Å². The number of aromatic amines is 1. The highest BCUT2D eigenvalue weighted by Gasteiger charge is 2.23. The largest absolute Gasteiger partial charge is 0.292 e. The number of nitrogens with one attached hydrogen (secondary N) is 2. The molecule has 1 aliphatic carbocycles. The number of amides is 1. The molecule has 1 amide bonds. The Kier molecular flexibility index (Phi) is 4.66. The molecule has 6 nitrogen and oxygen atoms in total. The van der Waals surface area contributed by atoms with Crippen molar-refractivity contribution in [3.8, 4) is 0 Å². The minimum Gasteiger partial charge on any atom is -0.292 e. The van der Waals surface area contributed by atoms with E-state index in [9.17, 15) is 4.79 Å². The van der Waals surface area contributed by atoms with Crippen molar-refractivity contribution < 1.29 is 4.79 Å². The number of tetrazole rings is 1. The van der Waals surface area contributed by atoms with Crippen LogP contribution in [-0.4, -0.2) is 26.5 Å². The van der Waals surface area contributed by atoms with E-state index in [4.69, 9.17) is 0 Å². The molecule has 2 N–H and O–H groups in total. The minimum atomic E-state index is 0.0180. The van der Waals surface area contributed by atoms with Gasteiger partial charge in [0.15, 0.2) is 0 Å². The van der Waals surface area contributed by atoms with Gasteiger partial charge in [-0.3, -0.25) is 10.1 Å². The molecule has 1 fully saturated rings. The van der Waals surface area contributed by atoms with Gasteiger partial charge in [0.1, 0.15) is 0 Å². The van der Waals surface area contributed by atoms with Gasteiger partial charge in [-0.1, -0.05) is 44.1 Å². The monoisotopic (exact) mass is 251 g/mol. The molecule has 6 heteroatoms. The summed E-state index contributed by atoms with van der Waals surface area (Å²) in [5.74, 6) is 1.05. The van der Waals surface area contributed by atoms with Crippen LogP contribution in [0.5, 0.6) is 0 Å². The third kappa shape index (κ3) is 3.51. The lowest BCUT2D eigenvalue weighted by molar-refractivity contribution is -0.120. The molecule has 1 aromatic heterocycles. The van der Waals surface area contributed by atoms with Gasteiger partial charge >= 0.3 is 0 Å². The maximum atomic E-state index is 12.1. The summed E-state index contributed by atoms with van der Waals surface area (Å²) >= 11 is 0. The third-order valence-electron chi connectivity index (χ3n) is 3.79. The quantitative estimate of drug-likeness (QED) is 0.839. The van der Waals surface area contributed by atoms with Crippen LogP contribution < -0.4 is 5.32 Å². The number of anilines is 1. The lowest BCUT2D eigenvalue weighted by Gasteiger charge is -2.25. The number of hydrogen-bond acceptors (Lipinski definition) is 4. The number of H-pyrrole nitrogens is 1. The molecule has 0 saturated heterocycles. The van der Waals surface area contributed by atoms with E-state index in [-0.39, 0.29) is 17.8 Å². The highest BCUT2D eigenvalue weighted by molar-refractivity contribution is 5.90. The Bertz CT molecular complexity index is 359. The molecule has 1 aliphatic rings. The Balaban J connectivity index is 1.85. The zero-order chi connectivity index (χ0) is 12.8. The summed E-state index contributed by atoms with van der Waals surface area (Å²) in [6, 6.07) is 0. The number of carbonyl (C=O) groups excluding carboxylic acids is 1. The average Bonchev–Trinajstić information content (AvgIpc) is 2.90. The van der Waals surface area contributed by atoms with Crippen molar-refractivity contribution in [3.63, 3.8) is 0 Å². The standard InChI is InChI=1S/C12H21N5O/c1-2-10(8-9-6-4-3-5-7-9)11(18)13-12-14-16-17-15-12/h9-10H,2-8H2,1H3,(H2,13,14,15,16,17,18). The van der Waals surface area contributed by atoms with Crippen molar-refractivity contribution in [2.24, 2.45) is 11.8 Å². The first-order valence-electron chi connectivity index (χ1n) is 6.84. The molecule has 18 heavy (non-hydrogen) atoms. The highest BCUT2D eigenvalue weighted by atomic mass is 16.2. The Morgan fingerprint density at radius 3 is 2.83 bits per heavy atom. The van der Waals surface area contributed by atoms with Crippen molar-refractivity contribution in [1.82, 2.24) is 20.6 Å². The van der Waals surface area contributed by atoms with E-state index >= 15 is 0 Å². The Morgan fingerprint density at radius 1 is 1.44 bits per heavy atom. The normalized spacial score (nSPS) is 18.5. The molecular formula is C12H21N5O. The van der Waals surface area contributed by atoms with Crippen molar-refractivity contribution >= 4 is 11.9 Å². The first kappa shape index (κ1) is 13.0. The second kappa shape index (κ2) is 6.47. The summed E-state index contributed by atoms with van der Waals surface area (Å²) in [4.78, 5) is 12.1. The average molecular weight is 251 g/mol. The van der Waals surface area contributed by atoms with Crippen LogP contribution in [0.4, 0.5) is 5.95 Å². The molecule has 0 bridgehead atoms. The second-order valence-corrected chi connectivity index (χ2v) is 5.07. The Morgan fingerprint density at radius 2 is 2.22 bits per heavy atom. The molecule has 0 aromatic carbocycles. The molecular weight excluding hydrogens is 230 g/mol. The van der Waals surface area contributed by atoms with Gasteiger partial charge in [-0.25, -0.2) is 0 Å².